The lowest BCUT2D eigenvalue weighted by Gasteiger charge is -2.28. The van der Waals surface area contributed by atoms with E-state index in [0.29, 0.717) is 0 Å². The lowest BCUT2D eigenvalue weighted by molar-refractivity contribution is 0.314. The molecule has 14 rings (SSSR count). The Balaban J connectivity index is 0.838. The third-order valence-corrected chi connectivity index (χ3v) is 15.0. The summed E-state index contributed by atoms with van der Waals surface area (Å²) in [6.45, 7) is 0. The van der Waals surface area contributed by atoms with Gasteiger partial charge in [0, 0.05) is 53.6 Å². The molecule has 2 aromatic heterocycles. The number of rotatable bonds is 6. The molecule has 0 bridgehead atoms. The number of thiophene rings is 1. The van der Waals surface area contributed by atoms with Crippen LogP contribution in [0, 0.1) is 0 Å². The fourth-order valence-corrected chi connectivity index (χ4v) is 12.1. The molecule has 3 aliphatic heterocycles. The predicted octanol–water partition coefficient (Wildman–Crippen LogP) is 15.3. The molecule has 6 heteroatoms. The smallest absolute Gasteiger partial charge is 0.119 e. The van der Waals surface area contributed by atoms with Crippen LogP contribution in [0.25, 0.3) is 70.3 Å². The highest BCUT2D eigenvalue weighted by molar-refractivity contribution is 7.26. The van der Waals surface area contributed by atoms with Gasteiger partial charge in [0.25, 0.3) is 0 Å². The summed E-state index contributed by atoms with van der Waals surface area (Å²) in [5.41, 5.74) is 17.0. The van der Waals surface area contributed by atoms with Crippen LogP contribution in [0.3, 0.4) is 0 Å². The Morgan fingerprint density at radius 3 is 1.74 bits per heavy atom. The van der Waals surface area contributed by atoms with Gasteiger partial charge in [-0.1, -0.05) is 176 Å². The molecule has 0 saturated carbocycles. The second kappa shape index (κ2) is 14.5. The third kappa shape index (κ3) is 5.62. The quantitative estimate of drug-likeness (QED) is 0.169. The first-order valence-corrected chi connectivity index (χ1v) is 23.3. The fourth-order valence-electron chi connectivity index (χ4n) is 10.9. The molecule has 2 fully saturated rings. The van der Waals surface area contributed by atoms with E-state index in [9.17, 15) is 0 Å². The Kier molecular flexibility index (Phi) is 8.21. The van der Waals surface area contributed by atoms with E-state index in [1.165, 1.54) is 87.0 Å². The van der Waals surface area contributed by atoms with Gasteiger partial charge >= 0.3 is 0 Å². The van der Waals surface area contributed by atoms with Crippen LogP contribution in [-0.4, -0.2) is 14.6 Å². The monoisotopic (exact) mass is 851 g/mol. The molecule has 11 aromatic rings. The maximum absolute atomic E-state index is 4.00. The molecule has 5 heterocycles. The van der Waals surface area contributed by atoms with E-state index in [4.69, 9.17) is 0 Å². The van der Waals surface area contributed by atoms with Crippen LogP contribution < -0.4 is 10.2 Å². The summed E-state index contributed by atoms with van der Waals surface area (Å²) in [4.78, 5) is 2.46. The molecule has 65 heavy (non-hydrogen) atoms. The molecule has 1 N–H and O–H groups in total. The van der Waals surface area contributed by atoms with Crippen LogP contribution in [0.4, 0.5) is 17.1 Å². The normalized spacial score (nSPS) is 19.4. The molecule has 2 saturated heterocycles. The zero-order chi connectivity index (χ0) is 42.6. The van der Waals surface area contributed by atoms with Crippen molar-refractivity contribution < 1.29 is 0 Å². The number of hydrogen-bond acceptors (Lipinski definition) is 5. The van der Waals surface area contributed by atoms with Crippen molar-refractivity contribution in [2.24, 2.45) is 0 Å². The average molecular weight is 852 g/mol. The first kappa shape index (κ1) is 36.9. The van der Waals surface area contributed by atoms with Crippen molar-refractivity contribution in [2.75, 3.05) is 4.90 Å². The van der Waals surface area contributed by atoms with Gasteiger partial charge in [-0.3, -0.25) is 5.32 Å². The maximum atomic E-state index is 4.00. The average Bonchev–Trinajstić information content (AvgIpc) is 3.63. The van der Waals surface area contributed by atoms with Crippen molar-refractivity contribution in [3.05, 3.63) is 241 Å². The van der Waals surface area contributed by atoms with Crippen LogP contribution in [0.1, 0.15) is 35.2 Å². The molecule has 9 aromatic carbocycles. The van der Waals surface area contributed by atoms with Gasteiger partial charge in [-0.25, -0.2) is 0 Å². The van der Waals surface area contributed by atoms with Crippen molar-refractivity contribution in [3.8, 4) is 39.2 Å². The van der Waals surface area contributed by atoms with Gasteiger partial charge in [-0.2, -0.15) is 10.0 Å². The standard InChI is InChI=1S/C59H41N5S/c1-3-16-39(17-4-1)57-60-58(40-32-30-38(31-33-40)44-24-15-25-46-45-20-10-14-29-53(45)65-56(44)46)64-59(63(57)64)41-34-36-43(37-35-41)61-50-26-11-7-21-47(50)54-48-22-8-12-27-51(48)62(42-18-5-2-6-19-42)55(54)49-23-9-13-28-52(49)61/h1-37,57-60H. The Bertz CT molecular complexity index is 3610. The van der Waals surface area contributed by atoms with Crippen LogP contribution in [-0.2, 0) is 0 Å². The van der Waals surface area contributed by atoms with Crippen LogP contribution in [0.5, 0.6) is 0 Å². The van der Waals surface area contributed by atoms with E-state index in [-0.39, 0.29) is 18.5 Å². The second-order valence-corrected chi connectivity index (χ2v) is 18.3. The summed E-state index contributed by atoms with van der Waals surface area (Å²) in [7, 11) is 0. The molecule has 308 valence electrons. The fraction of sp³-hybridized carbons (Fsp3) is 0.0508. The van der Waals surface area contributed by atoms with Gasteiger partial charge in [-0.05, 0) is 76.3 Å². The molecule has 0 spiro atoms. The number of hydrogen-bond donors (Lipinski definition) is 1. The largest absolute Gasteiger partial charge is 0.309 e. The predicted molar refractivity (Wildman–Crippen MR) is 269 cm³/mol. The van der Waals surface area contributed by atoms with Gasteiger partial charge in [0.2, 0.25) is 0 Å². The number of aromatic nitrogens is 1. The third-order valence-electron chi connectivity index (χ3n) is 13.8. The van der Waals surface area contributed by atoms with Gasteiger partial charge < -0.3 is 9.47 Å². The summed E-state index contributed by atoms with van der Waals surface area (Å²) in [6.07, 6.45) is 0.191. The molecule has 3 aliphatic rings. The highest BCUT2D eigenvalue weighted by Gasteiger charge is 2.60. The number of para-hydroxylation sites is 4. The molecule has 5 unspecified atom stereocenters. The molecule has 5 atom stereocenters. The Hall–Kier alpha value is -7.58. The number of fused-ring (bicyclic) bond motifs is 11. The molecule has 5 nitrogen and oxygen atoms in total. The number of anilines is 3. The number of hydrazine groups is 1. The summed E-state index contributed by atoms with van der Waals surface area (Å²) >= 11 is 1.89. The van der Waals surface area contributed by atoms with E-state index >= 15 is 0 Å². The molecule has 0 radical (unpaired) electrons. The van der Waals surface area contributed by atoms with Crippen molar-refractivity contribution in [1.82, 2.24) is 19.9 Å². The minimum absolute atomic E-state index is 0.0207. The van der Waals surface area contributed by atoms with Crippen molar-refractivity contribution >= 4 is 59.5 Å². The van der Waals surface area contributed by atoms with Gasteiger partial charge in [0.1, 0.15) is 18.5 Å². The second-order valence-electron chi connectivity index (χ2n) is 17.3. The first-order valence-electron chi connectivity index (χ1n) is 22.4. The van der Waals surface area contributed by atoms with Gasteiger partial charge in [0.15, 0.2) is 0 Å². The highest BCUT2D eigenvalue weighted by Crippen LogP contribution is 2.58. The number of nitrogens with zero attached hydrogens (tertiary/aromatic N) is 4. The SMILES string of the molecule is c1ccc(C2NC(c3ccc(-c4cccc5c4sc4ccccc45)cc3)N3C(c4ccc(N5c6ccccc6-c6c(n(-c7ccccc7)c7ccccc67)-c6ccccc65)cc4)N23)cc1. The first-order chi connectivity index (χ1) is 32.3. The Labute approximate surface area is 381 Å². The maximum Gasteiger partial charge on any atom is 0.119 e. The summed E-state index contributed by atoms with van der Waals surface area (Å²) in [6, 6.07) is 82.4. The lowest BCUT2D eigenvalue weighted by Crippen LogP contribution is -2.27. The molecule has 0 aliphatic carbocycles. The lowest BCUT2D eigenvalue weighted by atomic mass is 9.98. The molecule has 0 amide bonds. The minimum atomic E-state index is 0.0207. The molecular formula is C59H41N5S. The zero-order valence-corrected chi connectivity index (χ0v) is 36.1. The van der Waals surface area contributed by atoms with Crippen LogP contribution >= 0.6 is 11.3 Å². The minimum Gasteiger partial charge on any atom is -0.309 e. The van der Waals surface area contributed by atoms with E-state index in [1.807, 2.05) is 11.3 Å². The van der Waals surface area contributed by atoms with Crippen molar-refractivity contribution in [1.29, 1.82) is 0 Å². The van der Waals surface area contributed by atoms with Crippen LogP contribution in [0.2, 0.25) is 0 Å². The van der Waals surface area contributed by atoms with E-state index < -0.39 is 0 Å². The van der Waals surface area contributed by atoms with Crippen LogP contribution in [0.15, 0.2) is 224 Å². The summed E-state index contributed by atoms with van der Waals surface area (Å²) in [5, 5.41) is 12.9. The Morgan fingerprint density at radius 2 is 0.969 bits per heavy atom. The van der Waals surface area contributed by atoms with Gasteiger partial charge in [-0.15, -0.1) is 11.3 Å². The topological polar surface area (TPSA) is 26.2 Å². The Morgan fingerprint density at radius 1 is 0.400 bits per heavy atom. The van der Waals surface area contributed by atoms with Gasteiger partial charge in [0.05, 0.1) is 22.6 Å². The summed E-state index contributed by atoms with van der Waals surface area (Å²) in [5.74, 6) is 0. The highest BCUT2D eigenvalue weighted by atomic mass is 32.1. The number of nitrogens with one attached hydrogen (secondary N) is 1. The van der Waals surface area contributed by atoms with Crippen molar-refractivity contribution in [2.45, 2.75) is 18.5 Å². The van der Waals surface area contributed by atoms with Crippen molar-refractivity contribution in [3.63, 3.8) is 0 Å². The molecular weight excluding hydrogens is 811 g/mol. The summed E-state index contributed by atoms with van der Waals surface area (Å²) < 4.78 is 5.13. The van der Waals surface area contributed by atoms with E-state index in [0.717, 1.165) is 17.1 Å². The zero-order valence-electron chi connectivity index (χ0n) is 35.3. The number of benzene rings is 9. The van der Waals surface area contributed by atoms with E-state index in [2.05, 4.69) is 249 Å². The van der Waals surface area contributed by atoms with E-state index in [1.54, 1.807) is 0 Å².